The first-order valence-electron chi connectivity index (χ1n) is 4.26. The second-order valence-electron chi connectivity index (χ2n) is 2.92. The van der Waals surface area contributed by atoms with E-state index in [4.69, 9.17) is 4.42 Å². The molecule has 0 saturated carbocycles. The Balaban J connectivity index is 2.31. The molecule has 74 valence electrons. The highest BCUT2D eigenvalue weighted by Gasteiger charge is 2.14. The van der Waals surface area contributed by atoms with Crippen molar-refractivity contribution < 1.29 is 4.42 Å². The molecule has 0 aromatic carbocycles. The summed E-state index contributed by atoms with van der Waals surface area (Å²) in [6, 6.07) is 6.38. The van der Waals surface area contributed by atoms with Crippen molar-refractivity contribution in [3.8, 4) is 0 Å². The van der Waals surface area contributed by atoms with Crippen LogP contribution in [0.3, 0.4) is 0 Å². The number of hydrogen-bond donors (Lipinski definition) is 1. The molecule has 2 rings (SSSR count). The second-order valence-corrected chi connectivity index (χ2v) is 5.41. The van der Waals surface area contributed by atoms with Gasteiger partial charge in [0.05, 0.1) is 22.4 Å². The summed E-state index contributed by atoms with van der Waals surface area (Å²) in [5.41, 5.74) is 1.15. The van der Waals surface area contributed by atoms with E-state index in [1.165, 1.54) is 4.88 Å². The number of furan rings is 1. The number of hydrogen-bond acceptors (Lipinski definition) is 3. The SMILES string of the molecule is CNC(c1ccoc1)c1ccc(Br)s1. The molecule has 2 aromatic heterocycles. The molecule has 1 atom stereocenters. The molecule has 14 heavy (non-hydrogen) atoms. The fourth-order valence-corrected chi connectivity index (χ4v) is 2.96. The summed E-state index contributed by atoms with van der Waals surface area (Å²) in [7, 11) is 1.95. The molecule has 2 aromatic rings. The first kappa shape index (κ1) is 9.96. The average molecular weight is 272 g/mol. The molecule has 0 aliphatic carbocycles. The Labute approximate surface area is 95.1 Å². The van der Waals surface area contributed by atoms with Crippen LogP contribution >= 0.6 is 27.3 Å². The molecule has 1 N–H and O–H groups in total. The van der Waals surface area contributed by atoms with Gasteiger partial charge in [-0.3, -0.25) is 0 Å². The van der Waals surface area contributed by atoms with Crippen LogP contribution in [0.4, 0.5) is 0 Å². The van der Waals surface area contributed by atoms with Gasteiger partial charge in [0.15, 0.2) is 0 Å². The average Bonchev–Trinajstić information content (AvgIpc) is 2.79. The fraction of sp³-hybridized carbons (Fsp3) is 0.200. The molecule has 1 unspecified atom stereocenters. The quantitative estimate of drug-likeness (QED) is 0.926. The van der Waals surface area contributed by atoms with Crippen molar-refractivity contribution in [3.05, 3.63) is 45.0 Å². The summed E-state index contributed by atoms with van der Waals surface area (Å²) in [5, 5.41) is 3.26. The maximum Gasteiger partial charge on any atom is 0.0954 e. The van der Waals surface area contributed by atoms with Gasteiger partial charge in [-0.2, -0.15) is 0 Å². The molecular weight excluding hydrogens is 262 g/mol. The van der Waals surface area contributed by atoms with Crippen LogP contribution in [0.1, 0.15) is 16.5 Å². The normalized spacial score (nSPS) is 13.0. The van der Waals surface area contributed by atoms with Gasteiger partial charge in [0.25, 0.3) is 0 Å². The number of rotatable bonds is 3. The number of nitrogens with one attached hydrogen (secondary N) is 1. The van der Waals surface area contributed by atoms with Gasteiger partial charge in [-0.15, -0.1) is 11.3 Å². The van der Waals surface area contributed by atoms with Crippen molar-refractivity contribution in [2.75, 3.05) is 7.05 Å². The van der Waals surface area contributed by atoms with Gasteiger partial charge in [-0.1, -0.05) is 0 Å². The summed E-state index contributed by atoms with van der Waals surface area (Å²) >= 11 is 5.19. The highest BCUT2D eigenvalue weighted by atomic mass is 79.9. The summed E-state index contributed by atoms with van der Waals surface area (Å²) in [6.07, 6.45) is 3.47. The Morgan fingerprint density at radius 2 is 2.29 bits per heavy atom. The van der Waals surface area contributed by atoms with E-state index in [0.717, 1.165) is 9.35 Å². The van der Waals surface area contributed by atoms with Crippen LogP contribution in [0.15, 0.2) is 38.9 Å². The fourth-order valence-electron chi connectivity index (χ4n) is 1.40. The van der Waals surface area contributed by atoms with Crippen LogP contribution in [0.2, 0.25) is 0 Å². The monoisotopic (exact) mass is 271 g/mol. The molecule has 4 heteroatoms. The third kappa shape index (κ3) is 1.92. The van der Waals surface area contributed by atoms with Gasteiger partial charge in [-0.05, 0) is 41.2 Å². The summed E-state index contributed by atoms with van der Waals surface area (Å²) in [5.74, 6) is 0. The summed E-state index contributed by atoms with van der Waals surface area (Å²) < 4.78 is 6.23. The van der Waals surface area contributed by atoms with Crippen molar-refractivity contribution in [2.24, 2.45) is 0 Å². The Bertz CT molecular complexity index is 396. The highest BCUT2D eigenvalue weighted by molar-refractivity contribution is 9.11. The van der Waals surface area contributed by atoms with E-state index in [1.807, 2.05) is 13.1 Å². The van der Waals surface area contributed by atoms with Crippen LogP contribution in [0, 0.1) is 0 Å². The third-order valence-electron chi connectivity index (χ3n) is 2.04. The molecule has 0 bridgehead atoms. The smallest absolute Gasteiger partial charge is 0.0954 e. The van der Waals surface area contributed by atoms with Crippen molar-refractivity contribution in [2.45, 2.75) is 6.04 Å². The maximum absolute atomic E-state index is 5.08. The van der Waals surface area contributed by atoms with Gasteiger partial charge in [0.1, 0.15) is 0 Å². The lowest BCUT2D eigenvalue weighted by atomic mass is 10.1. The van der Waals surface area contributed by atoms with E-state index >= 15 is 0 Å². The summed E-state index contributed by atoms with van der Waals surface area (Å²) in [4.78, 5) is 1.28. The molecule has 0 aliphatic rings. The van der Waals surface area contributed by atoms with Gasteiger partial charge in [-0.25, -0.2) is 0 Å². The second kappa shape index (κ2) is 4.29. The minimum absolute atomic E-state index is 0.227. The van der Waals surface area contributed by atoms with E-state index < -0.39 is 0 Å². The first-order valence-corrected chi connectivity index (χ1v) is 5.87. The Morgan fingerprint density at radius 3 is 2.79 bits per heavy atom. The maximum atomic E-state index is 5.08. The van der Waals surface area contributed by atoms with E-state index in [2.05, 4.69) is 33.4 Å². The molecule has 2 heterocycles. The molecule has 0 aliphatic heterocycles. The van der Waals surface area contributed by atoms with E-state index in [0.29, 0.717) is 0 Å². The highest BCUT2D eigenvalue weighted by Crippen LogP contribution is 2.31. The predicted octanol–water partition coefficient (Wildman–Crippen LogP) is 3.41. The molecule has 2 nitrogen and oxygen atoms in total. The Hall–Kier alpha value is -0.580. The van der Waals surface area contributed by atoms with Gasteiger partial charge in [0, 0.05) is 10.4 Å². The van der Waals surface area contributed by atoms with Crippen molar-refractivity contribution in [1.82, 2.24) is 5.32 Å². The molecular formula is C10H10BrNOS. The van der Waals surface area contributed by atoms with Crippen molar-refractivity contribution >= 4 is 27.3 Å². The lowest BCUT2D eigenvalue weighted by Crippen LogP contribution is -2.15. The third-order valence-corrected chi connectivity index (χ3v) is 3.73. The van der Waals surface area contributed by atoms with E-state index in [9.17, 15) is 0 Å². The Kier molecular flexibility index (Phi) is 3.05. The van der Waals surface area contributed by atoms with Crippen molar-refractivity contribution in [1.29, 1.82) is 0 Å². The van der Waals surface area contributed by atoms with E-state index in [-0.39, 0.29) is 6.04 Å². The van der Waals surface area contributed by atoms with E-state index in [1.54, 1.807) is 23.9 Å². The van der Waals surface area contributed by atoms with Gasteiger partial charge in [0.2, 0.25) is 0 Å². The van der Waals surface area contributed by atoms with Gasteiger partial charge < -0.3 is 9.73 Å². The number of halogens is 1. The van der Waals surface area contributed by atoms with Crippen LogP contribution in [0.5, 0.6) is 0 Å². The van der Waals surface area contributed by atoms with Crippen molar-refractivity contribution in [3.63, 3.8) is 0 Å². The zero-order chi connectivity index (χ0) is 9.97. The zero-order valence-corrected chi connectivity index (χ0v) is 10.1. The summed E-state index contributed by atoms with van der Waals surface area (Å²) in [6.45, 7) is 0. The minimum Gasteiger partial charge on any atom is -0.472 e. The number of thiophene rings is 1. The topological polar surface area (TPSA) is 25.2 Å². The first-order chi connectivity index (χ1) is 6.81. The zero-order valence-electron chi connectivity index (χ0n) is 7.66. The van der Waals surface area contributed by atoms with Crippen LogP contribution in [0.25, 0.3) is 0 Å². The molecule has 0 radical (unpaired) electrons. The lowest BCUT2D eigenvalue weighted by molar-refractivity contribution is 0.558. The molecule has 0 saturated heterocycles. The lowest BCUT2D eigenvalue weighted by Gasteiger charge is -2.11. The standard InChI is InChI=1S/C10H10BrNOS/c1-12-10(7-4-5-13-6-7)8-2-3-9(11)14-8/h2-6,10,12H,1H3. The predicted molar refractivity (Wildman–Crippen MR) is 61.6 cm³/mol. The largest absolute Gasteiger partial charge is 0.472 e. The molecule has 0 amide bonds. The van der Waals surface area contributed by atoms with Gasteiger partial charge >= 0.3 is 0 Å². The van der Waals surface area contributed by atoms with Crippen LogP contribution in [-0.4, -0.2) is 7.05 Å². The van der Waals surface area contributed by atoms with Crippen LogP contribution in [-0.2, 0) is 0 Å². The minimum atomic E-state index is 0.227. The molecule has 0 spiro atoms. The van der Waals surface area contributed by atoms with Crippen LogP contribution < -0.4 is 5.32 Å². The Morgan fingerprint density at radius 1 is 1.43 bits per heavy atom. The molecule has 0 fully saturated rings.